The Balaban J connectivity index is 1.79. The Bertz CT molecular complexity index is 913. The van der Waals surface area contributed by atoms with E-state index in [-0.39, 0.29) is 0 Å². The highest BCUT2D eigenvalue weighted by molar-refractivity contribution is 7.11. The van der Waals surface area contributed by atoms with Crippen molar-refractivity contribution in [3.05, 3.63) is 76.2 Å². The summed E-state index contributed by atoms with van der Waals surface area (Å²) in [6.45, 7) is 4.19. The third-order valence-electron chi connectivity index (χ3n) is 3.95. The SMILES string of the molecule is CCc1ccc(-c2csc(/C(C#N)=C\Nc3ccc(C)cc3)n2)cc1. The molecule has 0 saturated heterocycles. The van der Waals surface area contributed by atoms with Gasteiger partial charge in [0.1, 0.15) is 16.6 Å². The molecule has 0 spiro atoms. The summed E-state index contributed by atoms with van der Waals surface area (Å²) in [7, 11) is 0. The topological polar surface area (TPSA) is 48.7 Å². The molecule has 0 fully saturated rings. The molecule has 3 nitrogen and oxygen atoms in total. The van der Waals surface area contributed by atoms with E-state index < -0.39 is 0 Å². The number of thiazole rings is 1. The molecule has 4 heteroatoms. The lowest BCUT2D eigenvalue weighted by Gasteiger charge is -2.02. The summed E-state index contributed by atoms with van der Waals surface area (Å²) in [5.74, 6) is 0. The van der Waals surface area contributed by atoms with E-state index in [0.29, 0.717) is 5.57 Å². The summed E-state index contributed by atoms with van der Waals surface area (Å²) >= 11 is 1.48. The molecule has 3 rings (SSSR count). The number of aryl methyl sites for hydroxylation is 2. The second-order valence-corrected chi connectivity index (χ2v) is 6.63. The predicted octanol–water partition coefficient (Wildman–Crippen LogP) is 5.66. The van der Waals surface area contributed by atoms with Gasteiger partial charge in [0.15, 0.2) is 0 Å². The molecular weight excluding hydrogens is 326 g/mol. The predicted molar refractivity (Wildman–Crippen MR) is 105 cm³/mol. The van der Waals surface area contributed by atoms with Crippen LogP contribution in [0, 0.1) is 18.3 Å². The molecule has 0 aliphatic rings. The number of rotatable bonds is 5. The first-order chi connectivity index (χ1) is 12.2. The molecule has 0 aliphatic heterocycles. The fraction of sp³-hybridized carbons (Fsp3) is 0.143. The van der Waals surface area contributed by atoms with Crippen molar-refractivity contribution in [3.8, 4) is 17.3 Å². The fourth-order valence-electron chi connectivity index (χ4n) is 2.39. The van der Waals surface area contributed by atoms with Crippen LogP contribution >= 0.6 is 11.3 Å². The molecule has 0 atom stereocenters. The zero-order valence-corrected chi connectivity index (χ0v) is 15.1. The van der Waals surface area contributed by atoms with Gasteiger partial charge in [-0.1, -0.05) is 48.9 Å². The molecule has 1 N–H and O–H groups in total. The summed E-state index contributed by atoms with van der Waals surface area (Å²) in [4.78, 5) is 4.62. The van der Waals surface area contributed by atoms with Gasteiger partial charge in [-0.2, -0.15) is 5.26 Å². The standard InChI is InChI=1S/C21H19N3S/c1-3-16-6-8-17(9-7-16)20-14-25-21(24-20)18(12-22)13-23-19-10-4-15(2)5-11-19/h4-11,13-14,23H,3H2,1-2H3/b18-13-. The third kappa shape index (κ3) is 4.14. The van der Waals surface area contributed by atoms with Gasteiger partial charge in [-0.15, -0.1) is 11.3 Å². The van der Waals surface area contributed by atoms with Crippen LogP contribution in [-0.4, -0.2) is 4.98 Å². The largest absolute Gasteiger partial charge is 0.360 e. The lowest BCUT2D eigenvalue weighted by molar-refractivity contribution is 1.14. The Morgan fingerprint density at radius 2 is 1.88 bits per heavy atom. The minimum Gasteiger partial charge on any atom is -0.360 e. The zero-order valence-electron chi connectivity index (χ0n) is 14.3. The molecule has 1 aromatic heterocycles. The number of nitrogens with zero attached hydrogens (tertiary/aromatic N) is 2. The van der Waals surface area contributed by atoms with Crippen molar-refractivity contribution in [3.63, 3.8) is 0 Å². The number of aromatic nitrogens is 1. The first-order valence-corrected chi connectivity index (χ1v) is 9.06. The molecule has 25 heavy (non-hydrogen) atoms. The molecule has 1 heterocycles. The lowest BCUT2D eigenvalue weighted by Crippen LogP contribution is -1.91. The van der Waals surface area contributed by atoms with Crippen LogP contribution in [0.15, 0.2) is 60.1 Å². The average molecular weight is 345 g/mol. The monoisotopic (exact) mass is 345 g/mol. The van der Waals surface area contributed by atoms with E-state index in [9.17, 15) is 5.26 Å². The maximum atomic E-state index is 9.46. The van der Waals surface area contributed by atoms with Gasteiger partial charge in [0.2, 0.25) is 0 Å². The minimum absolute atomic E-state index is 0.530. The quantitative estimate of drug-likeness (QED) is 0.607. The van der Waals surface area contributed by atoms with E-state index in [1.165, 1.54) is 22.5 Å². The number of nitriles is 1. The fourth-order valence-corrected chi connectivity index (χ4v) is 3.18. The van der Waals surface area contributed by atoms with Crippen LogP contribution in [0.1, 0.15) is 23.1 Å². The molecule has 0 aliphatic carbocycles. The molecule has 2 aromatic carbocycles. The Morgan fingerprint density at radius 3 is 2.52 bits per heavy atom. The van der Waals surface area contributed by atoms with Crippen LogP contribution < -0.4 is 5.32 Å². The molecule has 0 saturated carbocycles. The van der Waals surface area contributed by atoms with Crippen LogP contribution in [0.2, 0.25) is 0 Å². The van der Waals surface area contributed by atoms with Gasteiger partial charge in [0.25, 0.3) is 0 Å². The summed E-state index contributed by atoms with van der Waals surface area (Å²) in [5.41, 5.74) is 5.96. The highest BCUT2D eigenvalue weighted by Gasteiger charge is 2.09. The van der Waals surface area contributed by atoms with Crippen LogP contribution in [0.25, 0.3) is 16.8 Å². The maximum Gasteiger partial charge on any atom is 0.136 e. The van der Waals surface area contributed by atoms with Crippen LogP contribution in [-0.2, 0) is 6.42 Å². The normalized spacial score (nSPS) is 11.2. The number of benzene rings is 2. The van der Waals surface area contributed by atoms with Crippen molar-refractivity contribution < 1.29 is 0 Å². The number of hydrogen-bond acceptors (Lipinski definition) is 4. The third-order valence-corrected chi connectivity index (χ3v) is 4.82. The molecule has 0 bridgehead atoms. The van der Waals surface area contributed by atoms with Crippen molar-refractivity contribution in [1.82, 2.24) is 4.98 Å². The van der Waals surface area contributed by atoms with Crippen LogP contribution in [0.4, 0.5) is 5.69 Å². The van der Waals surface area contributed by atoms with Gasteiger partial charge in [0.05, 0.1) is 5.69 Å². The van der Waals surface area contributed by atoms with Crippen molar-refractivity contribution in [2.45, 2.75) is 20.3 Å². The van der Waals surface area contributed by atoms with E-state index in [1.807, 2.05) is 36.6 Å². The number of nitrogens with one attached hydrogen (secondary N) is 1. The van der Waals surface area contributed by atoms with Crippen LogP contribution in [0.3, 0.4) is 0 Å². The summed E-state index contributed by atoms with van der Waals surface area (Å²) in [5, 5.41) is 15.3. The second kappa shape index (κ2) is 7.78. The Hall–Kier alpha value is -2.90. The summed E-state index contributed by atoms with van der Waals surface area (Å²) in [6.07, 6.45) is 2.74. The van der Waals surface area contributed by atoms with Crippen molar-refractivity contribution in [2.24, 2.45) is 0 Å². The Labute approximate surface area is 152 Å². The van der Waals surface area contributed by atoms with Gasteiger partial charge in [-0.25, -0.2) is 4.98 Å². The number of hydrogen-bond donors (Lipinski definition) is 1. The van der Waals surface area contributed by atoms with Crippen molar-refractivity contribution in [2.75, 3.05) is 5.32 Å². The van der Waals surface area contributed by atoms with Gasteiger partial charge in [-0.05, 0) is 31.0 Å². The smallest absolute Gasteiger partial charge is 0.136 e. The van der Waals surface area contributed by atoms with E-state index in [4.69, 9.17) is 0 Å². The van der Waals surface area contributed by atoms with E-state index in [0.717, 1.165) is 28.4 Å². The summed E-state index contributed by atoms with van der Waals surface area (Å²) in [6, 6.07) is 18.7. The molecule has 0 radical (unpaired) electrons. The Kier molecular flexibility index (Phi) is 5.27. The van der Waals surface area contributed by atoms with Crippen molar-refractivity contribution in [1.29, 1.82) is 5.26 Å². The molecule has 124 valence electrons. The lowest BCUT2D eigenvalue weighted by atomic mass is 10.1. The van der Waals surface area contributed by atoms with Crippen molar-refractivity contribution >= 4 is 22.6 Å². The second-order valence-electron chi connectivity index (χ2n) is 5.77. The van der Waals surface area contributed by atoms with Crippen LogP contribution in [0.5, 0.6) is 0 Å². The zero-order chi connectivity index (χ0) is 17.6. The Morgan fingerprint density at radius 1 is 1.16 bits per heavy atom. The number of allylic oxidation sites excluding steroid dienone is 1. The van der Waals surface area contributed by atoms with E-state index in [2.05, 4.69) is 47.6 Å². The average Bonchev–Trinajstić information content (AvgIpc) is 3.14. The highest BCUT2D eigenvalue weighted by atomic mass is 32.1. The molecule has 3 aromatic rings. The van der Waals surface area contributed by atoms with E-state index in [1.54, 1.807) is 6.20 Å². The first kappa shape index (κ1) is 16.9. The highest BCUT2D eigenvalue weighted by Crippen LogP contribution is 2.26. The molecular formula is C21H19N3S. The summed E-state index contributed by atoms with van der Waals surface area (Å²) < 4.78 is 0. The molecule has 0 amide bonds. The maximum absolute atomic E-state index is 9.46. The van der Waals surface area contributed by atoms with Gasteiger partial charge in [-0.3, -0.25) is 0 Å². The van der Waals surface area contributed by atoms with Gasteiger partial charge >= 0.3 is 0 Å². The van der Waals surface area contributed by atoms with Gasteiger partial charge in [0, 0.05) is 22.8 Å². The first-order valence-electron chi connectivity index (χ1n) is 8.18. The van der Waals surface area contributed by atoms with E-state index >= 15 is 0 Å². The van der Waals surface area contributed by atoms with Gasteiger partial charge < -0.3 is 5.32 Å². The molecule has 0 unspecified atom stereocenters. The minimum atomic E-state index is 0.530. The number of anilines is 1.